The lowest BCUT2D eigenvalue weighted by Crippen LogP contribution is -2.53. The third-order valence-corrected chi connectivity index (χ3v) is 4.36. The molecule has 1 rings (SSSR count). The summed E-state index contributed by atoms with van der Waals surface area (Å²) >= 11 is 0. The number of nitrogens with one attached hydrogen (secondary N) is 1. The van der Waals surface area contributed by atoms with E-state index in [-0.39, 0.29) is 30.6 Å². The summed E-state index contributed by atoms with van der Waals surface area (Å²) in [7, 11) is 0. The van der Waals surface area contributed by atoms with Crippen molar-refractivity contribution < 1.29 is 14.7 Å². The Morgan fingerprint density at radius 2 is 1.76 bits per heavy atom. The minimum atomic E-state index is -0.875. The van der Waals surface area contributed by atoms with Gasteiger partial charge in [0, 0.05) is 18.1 Å². The first kappa shape index (κ1) is 17.8. The number of aliphatic carboxylic acids is 1. The molecule has 2 amide bonds. The second-order valence-electron chi connectivity index (χ2n) is 7.04. The Bertz CT molecular complexity index is 355. The first-order chi connectivity index (χ1) is 9.74. The number of amides is 2. The van der Waals surface area contributed by atoms with Gasteiger partial charge in [0.2, 0.25) is 0 Å². The van der Waals surface area contributed by atoms with Gasteiger partial charge in [-0.25, -0.2) is 4.79 Å². The molecule has 0 saturated heterocycles. The van der Waals surface area contributed by atoms with E-state index in [1.807, 2.05) is 20.8 Å². The van der Waals surface area contributed by atoms with Gasteiger partial charge in [0.1, 0.15) is 0 Å². The first-order valence-electron chi connectivity index (χ1n) is 8.04. The number of hydrogen-bond acceptors (Lipinski definition) is 2. The molecule has 1 aliphatic carbocycles. The molecule has 122 valence electrons. The number of carboxylic acids is 1. The summed E-state index contributed by atoms with van der Waals surface area (Å²) < 4.78 is 0. The number of carbonyl (C=O) groups excluding carboxylic acids is 1. The Morgan fingerprint density at radius 1 is 1.19 bits per heavy atom. The van der Waals surface area contributed by atoms with Crippen LogP contribution in [0.5, 0.6) is 0 Å². The van der Waals surface area contributed by atoms with E-state index in [0.29, 0.717) is 0 Å². The highest BCUT2D eigenvalue weighted by Gasteiger charge is 2.29. The zero-order chi connectivity index (χ0) is 16.0. The maximum Gasteiger partial charge on any atom is 0.318 e. The van der Waals surface area contributed by atoms with E-state index in [0.717, 1.165) is 18.8 Å². The summed E-state index contributed by atoms with van der Waals surface area (Å²) in [6.07, 6.45) is 5.60. The van der Waals surface area contributed by atoms with Crippen molar-refractivity contribution in [3.63, 3.8) is 0 Å². The van der Waals surface area contributed by atoms with Crippen LogP contribution in [0, 0.1) is 5.92 Å². The van der Waals surface area contributed by atoms with Gasteiger partial charge in [-0.05, 0) is 52.4 Å². The van der Waals surface area contributed by atoms with E-state index in [1.54, 1.807) is 4.90 Å². The second kappa shape index (κ2) is 7.66. The van der Waals surface area contributed by atoms with Crippen molar-refractivity contribution in [3.8, 4) is 0 Å². The van der Waals surface area contributed by atoms with Crippen molar-refractivity contribution in [2.75, 3.05) is 6.54 Å². The molecule has 1 saturated carbocycles. The molecule has 0 aromatic carbocycles. The highest BCUT2D eigenvalue weighted by atomic mass is 16.4. The van der Waals surface area contributed by atoms with Crippen LogP contribution in [0.1, 0.15) is 66.2 Å². The van der Waals surface area contributed by atoms with Gasteiger partial charge >= 0.3 is 12.0 Å². The molecule has 0 aromatic heterocycles. The fraction of sp³-hybridized carbons (Fsp3) is 0.875. The lowest BCUT2D eigenvalue weighted by atomic mass is 9.84. The van der Waals surface area contributed by atoms with Gasteiger partial charge in [-0.2, -0.15) is 0 Å². The maximum atomic E-state index is 12.4. The first-order valence-corrected chi connectivity index (χ1v) is 8.04. The number of hydrogen-bond donors (Lipinski definition) is 2. The van der Waals surface area contributed by atoms with Gasteiger partial charge in [0.05, 0.1) is 6.42 Å². The zero-order valence-corrected chi connectivity index (χ0v) is 13.8. The Kier molecular flexibility index (Phi) is 6.49. The molecule has 0 spiro atoms. The SMILES string of the molecule is CCC1CCC(NC(=O)N(CCC(=O)O)C(C)(C)C)CC1. The van der Waals surface area contributed by atoms with E-state index >= 15 is 0 Å². The monoisotopic (exact) mass is 298 g/mol. The van der Waals surface area contributed by atoms with Crippen LogP contribution in [0.3, 0.4) is 0 Å². The fourth-order valence-electron chi connectivity index (χ4n) is 2.92. The molecular formula is C16H30N2O3. The Balaban J connectivity index is 2.54. The van der Waals surface area contributed by atoms with E-state index in [4.69, 9.17) is 5.11 Å². The zero-order valence-electron chi connectivity index (χ0n) is 13.8. The van der Waals surface area contributed by atoms with Crippen LogP contribution in [0.25, 0.3) is 0 Å². The van der Waals surface area contributed by atoms with Crippen LogP contribution in [0.15, 0.2) is 0 Å². The lowest BCUT2D eigenvalue weighted by molar-refractivity contribution is -0.137. The Hall–Kier alpha value is -1.26. The number of nitrogens with zero attached hydrogens (tertiary/aromatic N) is 1. The number of carbonyl (C=O) groups is 2. The van der Waals surface area contributed by atoms with Crippen LogP contribution in [0.2, 0.25) is 0 Å². The Labute approximate surface area is 128 Å². The maximum absolute atomic E-state index is 12.4. The second-order valence-corrected chi connectivity index (χ2v) is 7.04. The molecule has 21 heavy (non-hydrogen) atoms. The fourth-order valence-corrected chi connectivity index (χ4v) is 2.92. The van der Waals surface area contributed by atoms with Crippen molar-refractivity contribution in [1.29, 1.82) is 0 Å². The number of rotatable bonds is 5. The van der Waals surface area contributed by atoms with Gasteiger partial charge in [-0.1, -0.05) is 13.3 Å². The smallest absolute Gasteiger partial charge is 0.318 e. The Morgan fingerprint density at radius 3 is 2.19 bits per heavy atom. The molecule has 0 atom stereocenters. The van der Waals surface area contributed by atoms with Gasteiger partial charge in [0.15, 0.2) is 0 Å². The van der Waals surface area contributed by atoms with Crippen molar-refractivity contribution in [2.45, 2.75) is 77.8 Å². The molecule has 0 unspecified atom stereocenters. The molecule has 0 aromatic rings. The minimum absolute atomic E-state index is 0.0206. The summed E-state index contributed by atoms with van der Waals surface area (Å²) in [5.41, 5.74) is -0.375. The average molecular weight is 298 g/mol. The molecule has 5 heteroatoms. The third kappa shape index (κ3) is 5.94. The van der Waals surface area contributed by atoms with E-state index in [1.165, 1.54) is 19.3 Å². The van der Waals surface area contributed by atoms with Crippen LogP contribution in [-0.4, -0.2) is 40.1 Å². The predicted octanol–water partition coefficient (Wildman–Crippen LogP) is 3.24. The van der Waals surface area contributed by atoms with Crippen molar-refractivity contribution >= 4 is 12.0 Å². The summed E-state index contributed by atoms with van der Waals surface area (Å²) in [5.74, 6) is -0.0793. The van der Waals surface area contributed by atoms with Crippen molar-refractivity contribution in [3.05, 3.63) is 0 Å². The van der Waals surface area contributed by atoms with Crippen LogP contribution >= 0.6 is 0 Å². The standard InChI is InChI=1S/C16H30N2O3/c1-5-12-6-8-13(9-7-12)17-15(21)18(16(2,3)4)11-10-14(19)20/h12-13H,5-11H2,1-4H3,(H,17,21)(H,19,20). The third-order valence-electron chi connectivity index (χ3n) is 4.36. The van der Waals surface area contributed by atoms with Gasteiger partial charge < -0.3 is 15.3 Å². The summed E-state index contributed by atoms with van der Waals surface area (Å²) in [6.45, 7) is 8.26. The van der Waals surface area contributed by atoms with E-state index in [9.17, 15) is 9.59 Å². The highest BCUT2D eigenvalue weighted by Crippen LogP contribution is 2.26. The van der Waals surface area contributed by atoms with Crippen molar-refractivity contribution in [2.24, 2.45) is 5.92 Å². The summed E-state index contributed by atoms with van der Waals surface area (Å²) in [4.78, 5) is 24.8. The summed E-state index contributed by atoms with van der Waals surface area (Å²) in [6, 6.07) is 0.0960. The van der Waals surface area contributed by atoms with Gasteiger partial charge in [-0.3, -0.25) is 4.79 Å². The molecule has 0 bridgehead atoms. The molecule has 0 heterocycles. The average Bonchev–Trinajstić information content (AvgIpc) is 2.37. The van der Waals surface area contributed by atoms with Gasteiger partial charge in [0.25, 0.3) is 0 Å². The molecule has 0 radical (unpaired) electrons. The van der Waals surface area contributed by atoms with Crippen LogP contribution in [-0.2, 0) is 4.79 Å². The van der Waals surface area contributed by atoms with E-state index in [2.05, 4.69) is 12.2 Å². The molecule has 1 aliphatic rings. The lowest BCUT2D eigenvalue weighted by Gasteiger charge is -2.37. The van der Waals surface area contributed by atoms with E-state index < -0.39 is 5.97 Å². The summed E-state index contributed by atoms with van der Waals surface area (Å²) in [5, 5.41) is 11.9. The van der Waals surface area contributed by atoms with Crippen LogP contribution < -0.4 is 5.32 Å². The molecule has 1 fully saturated rings. The number of carboxylic acid groups (broad SMARTS) is 1. The normalized spacial score (nSPS) is 22.7. The number of urea groups is 1. The molecular weight excluding hydrogens is 268 g/mol. The molecule has 5 nitrogen and oxygen atoms in total. The largest absolute Gasteiger partial charge is 0.481 e. The highest BCUT2D eigenvalue weighted by molar-refractivity contribution is 5.76. The van der Waals surface area contributed by atoms with Gasteiger partial charge in [-0.15, -0.1) is 0 Å². The van der Waals surface area contributed by atoms with Crippen molar-refractivity contribution in [1.82, 2.24) is 10.2 Å². The quantitative estimate of drug-likeness (QED) is 0.818. The van der Waals surface area contributed by atoms with Crippen LogP contribution in [0.4, 0.5) is 4.79 Å². The molecule has 0 aliphatic heterocycles. The minimum Gasteiger partial charge on any atom is -0.481 e. The topological polar surface area (TPSA) is 69.6 Å². The molecule has 2 N–H and O–H groups in total. The predicted molar refractivity (Wildman–Crippen MR) is 83.3 cm³/mol.